The van der Waals surface area contributed by atoms with Crippen molar-refractivity contribution in [3.05, 3.63) is 35.9 Å². The van der Waals surface area contributed by atoms with Crippen molar-refractivity contribution >= 4 is 22.9 Å². The minimum absolute atomic E-state index is 0.0221. The van der Waals surface area contributed by atoms with Gasteiger partial charge in [0.05, 0.1) is 19.8 Å². The maximum atomic E-state index is 13.9. The Labute approximate surface area is 167 Å². The van der Waals surface area contributed by atoms with Gasteiger partial charge in [0.15, 0.2) is 0 Å². The fraction of sp³-hybridized carbons (Fsp3) is 0.625. The maximum absolute atomic E-state index is 13.9. The van der Waals surface area contributed by atoms with Gasteiger partial charge in [-0.05, 0) is 26.3 Å². The van der Waals surface area contributed by atoms with Gasteiger partial charge in [0.25, 0.3) is 7.52 Å². The van der Waals surface area contributed by atoms with Crippen LogP contribution >= 0.6 is 22.9 Å². The second-order valence-electron chi connectivity index (χ2n) is 5.49. The highest BCUT2D eigenvalue weighted by molar-refractivity contribution is 7.77. The highest BCUT2D eigenvalue weighted by Gasteiger charge is 2.50. The molecule has 1 unspecified atom stereocenters. The Kier molecular flexibility index (Phi) is 10.8. The third kappa shape index (κ3) is 6.88. The molecule has 1 aromatic carbocycles. The van der Waals surface area contributed by atoms with Crippen LogP contribution in [0, 0.1) is 0 Å². The van der Waals surface area contributed by atoms with Crippen LogP contribution in [0.2, 0.25) is 0 Å². The highest BCUT2D eigenvalue weighted by Crippen LogP contribution is 2.73. The molecule has 0 fully saturated rings. The van der Waals surface area contributed by atoms with Crippen LogP contribution in [-0.4, -0.2) is 44.4 Å². The SMILES string of the molecule is CCOP(=O)(CP(=O)(OC)OC)N(Cc1ccccc1)P(=O)(OCC)OCC. The number of hydrogen-bond donors (Lipinski definition) is 0. The molecule has 0 spiro atoms. The summed E-state index contributed by atoms with van der Waals surface area (Å²) in [5.74, 6) is -0.599. The Morgan fingerprint density at radius 2 is 1.32 bits per heavy atom. The van der Waals surface area contributed by atoms with Crippen LogP contribution in [0.15, 0.2) is 30.3 Å². The molecule has 0 aliphatic rings. The summed E-state index contributed by atoms with van der Waals surface area (Å²) in [6.45, 7) is 4.99. The van der Waals surface area contributed by atoms with Crippen LogP contribution in [0.3, 0.4) is 0 Å². The molecule has 0 aliphatic carbocycles. The van der Waals surface area contributed by atoms with Gasteiger partial charge < -0.3 is 13.6 Å². The Morgan fingerprint density at radius 3 is 1.75 bits per heavy atom. The van der Waals surface area contributed by atoms with Crippen LogP contribution in [0.4, 0.5) is 0 Å². The number of benzene rings is 1. The first-order valence-electron chi connectivity index (χ1n) is 8.88. The van der Waals surface area contributed by atoms with Crippen LogP contribution in [0.25, 0.3) is 0 Å². The monoisotopic (exact) mass is 457 g/mol. The first kappa shape index (κ1) is 25.7. The highest BCUT2D eigenvalue weighted by atomic mass is 31.3. The lowest BCUT2D eigenvalue weighted by molar-refractivity contribution is 0.180. The number of nitrogens with zero attached hydrogens (tertiary/aromatic N) is 1. The molecule has 0 radical (unpaired) electrons. The van der Waals surface area contributed by atoms with E-state index in [9.17, 15) is 13.7 Å². The zero-order chi connectivity index (χ0) is 21.3. The summed E-state index contributed by atoms with van der Waals surface area (Å²) in [6.07, 6.45) is 0. The first-order chi connectivity index (χ1) is 13.2. The van der Waals surface area contributed by atoms with E-state index in [1.54, 1.807) is 45.0 Å². The largest absolute Gasteiger partial charge is 0.416 e. The molecular formula is C16H30NO8P3. The second kappa shape index (κ2) is 11.8. The van der Waals surface area contributed by atoms with Crippen molar-refractivity contribution in [1.82, 2.24) is 4.44 Å². The fourth-order valence-corrected chi connectivity index (χ4v) is 10.7. The van der Waals surface area contributed by atoms with E-state index in [-0.39, 0.29) is 26.4 Å². The standard InChI is InChI=1S/C16H30NO8P3/c1-6-23-26(18,15-27(19,21-4)22-5)17(14-16-12-10-9-11-13-16)28(20,24-7-2)25-8-3/h9-13H,6-8,14-15H2,1-5H3. The zero-order valence-corrected chi connectivity index (χ0v) is 19.7. The molecule has 1 aromatic rings. The van der Waals surface area contributed by atoms with Gasteiger partial charge in [0.2, 0.25) is 0 Å². The Balaban J connectivity index is 3.51. The molecular weight excluding hydrogens is 427 g/mol. The molecule has 0 N–H and O–H groups in total. The van der Waals surface area contributed by atoms with Crippen molar-refractivity contribution < 1.29 is 36.3 Å². The van der Waals surface area contributed by atoms with Crippen LogP contribution in [0.5, 0.6) is 0 Å². The van der Waals surface area contributed by atoms with E-state index in [0.717, 1.165) is 4.44 Å². The molecule has 162 valence electrons. The van der Waals surface area contributed by atoms with Gasteiger partial charge >= 0.3 is 15.3 Å². The molecule has 9 nitrogen and oxygen atoms in total. The third-order valence-corrected chi connectivity index (χ3v) is 12.4. The number of hydrogen-bond acceptors (Lipinski definition) is 8. The van der Waals surface area contributed by atoms with E-state index in [2.05, 4.69) is 0 Å². The van der Waals surface area contributed by atoms with E-state index in [0.29, 0.717) is 5.56 Å². The molecule has 0 amide bonds. The van der Waals surface area contributed by atoms with Crippen molar-refractivity contribution in [2.45, 2.75) is 27.3 Å². The molecule has 0 aliphatic heterocycles. The quantitative estimate of drug-likeness (QED) is 0.343. The average Bonchev–Trinajstić information content (AvgIpc) is 2.67. The summed E-state index contributed by atoms with van der Waals surface area (Å²) >= 11 is 0. The second-order valence-corrected chi connectivity index (χ2v) is 12.8. The van der Waals surface area contributed by atoms with Crippen molar-refractivity contribution in [3.8, 4) is 0 Å². The topological polar surface area (TPSA) is 101 Å². The fourth-order valence-electron chi connectivity index (χ4n) is 2.40. The minimum atomic E-state index is -4.04. The van der Waals surface area contributed by atoms with Crippen molar-refractivity contribution in [2.24, 2.45) is 0 Å². The third-order valence-electron chi connectivity index (χ3n) is 3.62. The molecule has 28 heavy (non-hydrogen) atoms. The van der Waals surface area contributed by atoms with Gasteiger partial charge in [-0.15, -0.1) is 4.44 Å². The summed E-state index contributed by atoms with van der Waals surface area (Å²) in [6, 6.07) is 8.96. The molecule has 0 saturated carbocycles. The molecule has 0 heterocycles. The molecule has 1 atom stereocenters. The summed E-state index contributed by atoms with van der Waals surface area (Å²) in [4.78, 5) is 0. The van der Waals surface area contributed by atoms with Gasteiger partial charge in [-0.1, -0.05) is 30.3 Å². The Morgan fingerprint density at radius 1 is 0.821 bits per heavy atom. The van der Waals surface area contributed by atoms with Crippen LogP contribution < -0.4 is 0 Å². The smallest absolute Gasteiger partial charge is 0.317 e. The Bertz CT molecular complexity index is 712. The van der Waals surface area contributed by atoms with Crippen LogP contribution in [-0.2, 0) is 42.9 Å². The maximum Gasteiger partial charge on any atom is 0.416 e. The summed E-state index contributed by atoms with van der Waals surface area (Å²) in [5, 5.41) is 0. The minimum Gasteiger partial charge on any atom is -0.317 e. The van der Waals surface area contributed by atoms with Gasteiger partial charge in [-0.25, -0.2) is 4.57 Å². The lowest BCUT2D eigenvalue weighted by Crippen LogP contribution is -2.24. The molecule has 0 aromatic heterocycles. The predicted octanol–water partition coefficient (Wildman–Crippen LogP) is 5.34. The zero-order valence-electron chi connectivity index (χ0n) is 17.0. The molecule has 1 rings (SSSR count). The van der Waals surface area contributed by atoms with E-state index in [1.807, 2.05) is 6.07 Å². The lowest BCUT2D eigenvalue weighted by atomic mass is 10.2. The predicted molar refractivity (Wildman–Crippen MR) is 109 cm³/mol. The summed E-state index contributed by atoms with van der Waals surface area (Å²) < 4.78 is 67.5. The molecule has 0 saturated heterocycles. The lowest BCUT2D eigenvalue weighted by Gasteiger charge is -2.35. The van der Waals surface area contributed by atoms with E-state index >= 15 is 0 Å². The van der Waals surface area contributed by atoms with Gasteiger partial charge in [0, 0.05) is 20.8 Å². The number of rotatable bonds is 14. The van der Waals surface area contributed by atoms with Gasteiger partial charge in [0.1, 0.15) is 5.90 Å². The van der Waals surface area contributed by atoms with E-state index < -0.39 is 28.8 Å². The molecule has 12 heteroatoms. The van der Waals surface area contributed by atoms with E-state index in [4.69, 9.17) is 22.6 Å². The van der Waals surface area contributed by atoms with Gasteiger partial charge in [-0.2, -0.15) is 0 Å². The Hall–Kier alpha value is -0.330. The van der Waals surface area contributed by atoms with Crippen molar-refractivity contribution in [2.75, 3.05) is 39.9 Å². The normalized spacial score (nSPS) is 14.9. The average molecular weight is 457 g/mol. The van der Waals surface area contributed by atoms with Gasteiger partial charge in [-0.3, -0.25) is 18.2 Å². The van der Waals surface area contributed by atoms with E-state index in [1.165, 1.54) is 14.2 Å². The molecule has 0 bridgehead atoms. The van der Waals surface area contributed by atoms with Crippen molar-refractivity contribution in [1.29, 1.82) is 0 Å². The van der Waals surface area contributed by atoms with Crippen molar-refractivity contribution in [3.63, 3.8) is 0 Å². The van der Waals surface area contributed by atoms with Crippen LogP contribution in [0.1, 0.15) is 26.3 Å². The summed E-state index contributed by atoms with van der Waals surface area (Å²) in [7, 11) is -9.45. The summed E-state index contributed by atoms with van der Waals surface area (Å²) in [5.41, 5.74) is 0.701. The first-order valence-corrected chi connectivity index (χ1v) is 13.9.